The summed E-state index contributed by atoms with van der Waals surface area (Å²) in [4.78, 5) is 2.33. The first-order valence-corrected chi connectivity index (χ1v) is 57.0. The van der Waals surface area contributed by atoms with E-state index in [1.165, 1.54) is 202 Å². The largest absolute Gasteiger partial charge is 0.375 e. The molecular weight excluding hydrogens is 1740 g/mol. The minimum atomic E-state index is -0.248. The molecule has 0 N–H and O–H groups in total. The fraction of sp³-hybridized carbons (Fsp3) is 0.333. The first-order valence-electron chi connectivity index (χ1n) is 57.0. The lowest BCUT2D eigenvalue weighted by Crippen LogP contribution is -2.34. The van der Waals surface area contributed by atoms with Crippen LogP contribution in [-0.2, 0) is 47.3 Å². The Labute approximate surface area is 887 Å². The summed E-state index contributed by atoms with van der Waals surface area (Å²) in [5, 5.41) is 0. The summed E-state index contributed by atoms with van der Waals surface area (Å²) in [6.45, 7) is 73.8. The quantitative estimate of drug-likeness (QED) is 0.170. The van der Waals surface area contributed by atoms with Crippen LogP contribution in [0.2, 0.25) is 0 Å². The normalized spacial score (nSPS) is 12.1. The maximum atomic E-state index is 2.45. The summed E-state index contributed by atoms with van der Waals surface area (Å²) in [6, 6.07) is 140. The SMILES string of the molecule is CC.CC.CC.CC.CC.CC.CC.CC.CC.CC.CC.CC.CC.CC.CC.CC.CCCC.CCN(C)c1ccc2c(c1)C1(c3ccccc3C2)c2ccccc2-c2ccccc21.Cc1ccc2c(c1)C1(c3ccccc3C2)c2ccccc2-c2ccccc21.c1ccc2c(c1)Cc1ccccc1C21c2ccccc2-c2ccccc21.c1ccc2c(c1)Cc1ccccc1C21c2ccccc2-c2ccccc21. The Morgan fingerprint density at radius 2 is 0.310 bits per heavy atom. The average Bonchev–Trinajstić information content (AvgIpc) is 1.55. The Morgan fingerprint density at radius 3 is 0.490 bits per heavy atom. The van der Waals surface area contributed by atoms with Crippen LogP contribution in [-0.4, -0.2) is 13.6 Å². The van der Waals surface area contributed by atoms with Crippen molar-refractivity contribution in [1.82, 2.24) is 0 Å². The fourth-order valence-corrected chi connectivity index (χ4v) is 21.6. The number of fused-ring (bicyclic) bond motifs is 36. The van der Waals surface area contributed by atoms with Gasteiger partial charge in [0.05, 0.1) is 21.7 Å². The third kappa shape index (κ3) is 24.0. The van der Waals surface area contributed by atoms with Crippen molar-refractivity contribution in [2.75, 3.05) is 18.5 Å². The van der Waals surface area contributed by atoms with Gasteiger partial charge in [0.1, 0.15) is 0 Å². The van der Waals surface area contributed by atoms with Gasteiger partial charge in [-0.25, -0.2) is 0 Å². The van der Waals surface area contributed by atoms with E-state index in [1.54, 1.807) is 0 Å². The summed E-state index contributed by atoms with van der Waals surface area (Å²) in [5.41, 5.74) is 47.2. The maximum absolute atomic E-state index is 2.45. The molecule has 0 unspecified atom stereocenters. The van der Waals surface area contributed by atoms with Gasteiger partial charge in [0.25, 0.3) is 0 Å². The number of aryl methyl sites for hydroxylation is 1. The Bertz CT molecular complexity index is 5950. The fourth-order valence-electron chi connectivity index (χ4n) is 21.6. The lowest BCUT2D eigenvalue weighted by atomic mass is 9.61. The van der Waals surface area contributed by atoms with Crippen LogP contribution in [0.5, 0.6) is 0 Å². The smallest absolute Gasteiger partial charge is 0.0719 e. The molecule has 8 aliphatic carbocycles. The molecule has 8 aliphatic rings. The zero-order valence-electron chi connectivity index (χ0n) is 97.2. The molecule has 24 rings (SSSR count). The summed E-state index contributed by atoms with van der Waals surface area (Å²) in [5.74, 6) is 0. The van der Waals surface area contributed by atoms with Crippen LogP contribution in [0.3, 0.4) is 0 Å². The maximum Gasteiger partial charge on any atom is 0.0719 e. The standard InChI is InChI=1S/C29H25N.C27H20.2C26H18.C4H10.16C2H6/c1-3-30(2)22-17-16-21-18-20-10-4-7-13-25(20)29(28(21)19-22)26-14-8-5-11-23(26)24-12-6-9-15-27(24)29;1-18-14-15-20-17-19-8-2-5-11-23(19)27(26(20)16-18)24-12-6-3-9-21(24)22-10-4-7-13-25(22)27;2*1-5-13-22-18(9-1)17-19-10-2-6-14-23(19)26(22)24-15-7-3-11-20(24)21-12-4-8-16-25(21)26;1-3-4-2;16*1-2/h4-17,19H,3,18H2,1-2H3;2-16H,17H2,1H3;2*1-16H,17H2;3-4H2,1-2H3;16*1-2H3. The van der Waals surface area contributed by atoms with E-state index in [0.29, 0.717) is 0 Å². The molecule has 0 saturated heterocycles. The molecule has 1 heteroatoms. The monoisotopic (exact) mass is 1930 g/mol. The number of hydrogen-bond acceptors (Lipinski definition) is 1. The molecule has 1 nitrogen and oxygen atoms in total. The summed E-state index contributed by atoms with van der Waals surface area (Å²) < 4.78 is 0. The Balaban J connectivity index is 0.000000364. The average molecular weight is 1930 g/mol. The highest BCUT2D eigenvalue weighted by Gasteiger charge is 2.54. The first kappa shape index (κ1) is 125. The molecule has 0 aromatic heterocycles. The van der Waals surface area contributed by atoms with E-state index in [0.717, 1.165) is 32.2 Å². The van der Waals surface area contributed by atoms with Crippen molar-refractivity contribution in [2.45, 2.75) is 309 Å². The molecule has 16 aromatic rings. The van der Waals surface area contributed by atoms with Crippen molar-refractivity contribution in [1.29, 1.82) is 0 Å². The molecule has 0 bridgehead atoms. The summed E-state index contributed by atoms with van der Waals surface area (Å²) in [6.07, 6.45) is 6.67. The minimum absolute atomic E-state index is 0.196. The van der Waals surface area contributed by atoms with E-state index in [1.807, 2.05) is 222 Å². The van der Waals surface area contributed by atoms with Gasteiger partial charge in [-0.1, -0.05) is 618 Å². The van der Waals surface area contributed by atoms with E-state index in [4.69, 9.17) is 0 Å². The summed E-state index contributed by atoms with van der Waals surface area (Å²) in [7, 11) is 2.18. The van der Waals surface area contributed by atoms with Crippen molar-refractivity contribution in [3.05, 3.63) is 515 Å². The van der Waals surface area contributed by atoms with Gasteiger partial charge in [0, 0.05) is 19.3 Å². The minimum Gasteiger partial charge on any atom is -0.375 e. The first-order chi connectivity index (χ1) is 71.8. The van der Waals surface area contributed by atoms with E-state index in [2.05, 4.69) is 416 Å². The van der Waals surface area contributed by atoms with Crippen LogP contribution in [0.25, 0.3) is 44.5 Å². The predicted octanol–water partition coefficient (Wildman–Crippen LogP) is 42.8. The van der Waals surface area contributed by atoms with Gasteiger partial charge in [0.15, 0.2) is 0 Å². The zero-order chi connectivity index (χ0) is 108. The van der Waals surface area contributed by atoms with Crippen molar-refractivity contribution >= 4 is 5.69 Å². The second kappa shape index (κ2) is 64.9. The molecule has 0 saturated carbocycles. The van der Waals surface area contributed by atoms with Crippen molar-refractivity contribution in [2.24, 2.45) is 0 Å². The van der Waals surface area contributed by atoms with Crippen molar-refractivity contribution < 1.29 is 0 Å². The molecule has 0 amide bonds. The van der Waals surface area contributed by atoms with Gasteiger partial charge in [0.2, 0.25) is 0 Å². The molecule has 0 aliphatic heterocycles. The second-order valence-corrected chi connectivity index (χ2v) is 32.0. The van der Waals surface area contributed by atoms with Gasteiger partial charge < -0.3 is 4.90 Å². The van der Waals surface area contributed by atoms with Crippen LogP contribution in [0.4, 0.5) is 5.69 Å². The summed E-state index contributed by atoms with van der Waals surface area (Å²) >= 11 is 0. The van der Waals surface area contributed by atoms with E-state index in [9.17, 15) is 0 Å². The van der Waals surface area contributed by atoms with Gasteiger partial charge in [-0.3, -0.25) is 0 Å². The van der Waals surface area contributed by atoms with Crippen molar-refractivity contribution in [3.8, 4) is 44.5 Å². The van der Waals surface area contributed by atoms with Gasteiger partial charge >= 0.3 is 0 Å². The van der Waals surface area contributed by atoms with E-state index in [-0.39, 0.29) is 21.7 Å². The Kier molecular flexibility index (Phi) is 55.8. The van der Waals surface area contributed by atoms with Gasteiger partial charge in [-0.15, -0.1) is 0 Å². The van der Waals surface area contributed by atoms with Crippen molar-refractivity contribution in [3.63, 3.8) is 0 Å². The zero-order valence-corrected chi connectivity index (χ0v) is 97.2. The number of rotatable bonds is 3. The lowest BCUT2D eigenvalue weighted by molar-refractivity contribution is 0.721. The molecule has 16 aromatic carbocycles. The predicted molar refractivity (Wildman–Crippen MR) is 652 cm³/mol. The van der Waals surface area contributed by atoms with Gasteiger partial charge in [-0.2, -0.15) is 0 Å². The molecule has 0 heterocycles. The molecule has 0 fully saturated rings. The van der Waals surface area contributed by atoms with E-state index >= 15 is 0 Å². The molecule has 0 atom stereocenters. The topological polar surface area (TPSA) is 3.24 Å². The van der Waals surface area contributed by atoms with Crippen LogP contribution in [0, 0.1) is 6.92 Å². The second-order valence-electron chi connectivity index (χ2n) is 32.0. The third-order valence-electron chi connectivity index (χ3n) is 26.4. The van der Waals surface area contributed by atoms with Crippen LogP contribution in [0.15, 0.2) is 376 Å². The van der Waals surface area contributed by atoms with Crippen LogP contribution >= 0.6 is 0 Å². The third-order valence-corrected chi connectivity index (χ3v) is 26.4. The number of hydrogen-bond donors (Lipinski definition) is 0. The molecule has 768 valence electrons. The number of nitrogens with zero attached hydrogens (tertiary/aromatic N) is 1. The highest BCUT2D eigenvalue weighted by Crippen LogP contribution is 2.64. The highest BCUT2D eigenvalue weighted by molar-refractivity contribution is 5.92. The molecule has 0 radical (unpaired) electrons. The molecular formula is C144H187N. The Morgan fingerprint density at radius 1 is 0.166 bits per heavy atom. The highest BCUT2D eigenvalue weighted by atomic mass is 15.1. The Hall–Kier alpha value is -12.7. The van der Waals surface area contributed by atoms with Gasteiger partial charge in [-0.05, 0) is 230 Å². The van der Waals surface area contributed by atoms with Crippen LogP contribution < -0.4 is 4.90 Å². The van der Waals surface area contributed by atoms with Crippen LogP contribution in [0.1, 0.15) is 394 Å². The molecule has 4 spiro atoms. The number of anilines is 1. The van der Waals surface area contributed by atoms with E-state index < -0.39 is 0 Å². The number of unbranched alkanes of at least 4 members (excludes halogenated alkanes) is 1. The lowest BCUT2D eigenvalue weighted by Gasteiger charge is -2.40. The number of benzene rings is 16. The molecule has 145 heavy (non-hydrogen) atoms.